The van der Waals surface area contributed by atoms with Gasteiger partial charge in [-0.05, 0) is 90.8 Å². The largest absolute Gasteiger partial charge is 0.453 e. The van der Waals surface area contributed by atoms with Gasteiger partial charge in [0.2, 0.25) is 0 Å². The van der Waals surface area contributed by atoms with Crippen LogP contribution >= 0.6 is 0 Å². The summed E-state index contributed by atoms with van der Waals surface area (Å²) >= 11 is 0. The molecule has 1 atom stereocenters. The Kier molecular flexibility index (Phi) is 8.35. The predicted octanol–water partition coefficient (Wildman–Crippen LogP) is 6.56. The van der Waals surface area contributed by atoms with Crippen molar-refractivity contribution in [1.82, 2.24) is 9.80 Å². The average molecular weight is 566 g/mol. The summed E-state index contributed by atoms with van der Waals surface area (Å²) in [5.41, 5.74) is 4.84. The van der Waals surface area contributed by atoms with Crippen LogP contribution in [0.5, 0.6) is 0 Å². The fourth-order valence-electron chi connectivity index (χ4n) is 6.00. The zero-order valence-corrected chi connectivity index (χ0v) is 23.3. The Morgan fingerprint density at radius 1 is 0.902 bits per heavy atom. The fraction of sp³-hybridized carbons (Fsp3) is 0.375. The summed E-state index contributed by atoms with van der Waals surface area (Å²) in [5, 5.41) is 3.02. The van der Waals surface area contributed by atoms with Crippen LogP contribution in [-0.2, 0) is 23.8 Å². The summed E-state index contributed by atoms with van der Waals surface area (Å²) < 4.78 is 44.1. The minimum atomic E-state index is -4.42. The van der Waals surface area contributed by atoms with Gasteiger partial charge in [0, 0.05) is 43.5 Å². The molecule has 0 saturated carbocycles. The molecular formula is C32H34F3N3O3. The minimum Gasteiger partial charge on any atom is -0.453 e. The van der Waals surface area contributed by atoms with Gasteiger partial charge in [0.25, 0.3) is 5.91 Å². The zero-order chi connectivity index (χ0) is 29.1. The number of nitrogens with zero attached hydrogens (tertiary/aromatic N) is 2. The highest BCUT2D eigenvalue weighted by atomic mass is 19.4. The number of rotatable bonds is 4. The molecule has 1 unspecified atom stereocenters. The van der Waals surface area contributed by atoms with Crippen LogP contribution in [0.25, 0.3) is 11.1 Å². The molecule has 2 amide bonds. The normalized spacial score (nSPS) is 17.9. The summed E-state index contributed by atoms with van der Waals surface area (Å²) in [6.07, 6.45) is -0.821. The molecule has 1 heterocycles. The summed E-state index contributed by atoms with van der Waals surface area (Å²) in [6, 6.07) is 16.7. The average Bonchev–Trinajstić information content (AvgIpc) is 3.18. The third-order valence-corrected chi connectivity index (χ3v) is 8.24. The second-order valence-electron chi connectivity index (χ2n) is 10.7. The highest BCUT2D eigenvalue weighted by Crippen LogP contribution is 2.34. The quantitative estimate of drug-likeness (QED) is 0.364. The molecule has 1 saturated heterocycles. The van der Waals surface area contributed by atoms with Crippen molar-refractivity contribution >= 4 is 17.7 Å². The first-order valence-electron chi connectivity index (χ1n) is 13.9. The van der Waals surface area contributed by atoms with E-state index in [0.717, 1.165) is 56.5 Å². The molecule has 1 aliphatic carbocycles. The topological polar surface area (TPSA) is 61.9 Å². The maximum Gasteiger partial charge on any atom is 0.416 e. The molecule has 216 valence electrons. The van der Waals surface area contributed by atoms with Gasteiger partial charge in [-0.25, -0.2) is 4.79 Å². The highest BCUT2D eigenvalue weighted by Gasteiger charge is 2.30. The Balaban J connectivity index is 1.28. The van der Waals surface area contributed by atoms with Crippen molar-refractivity contribution in [2.45, 2.75) is 44.8 Å². The van der Waals surface area contributed by atoms with E-state index in [1.807, 2.05) is 25.1 Å². The number of aryl methyl sites for hydroxylation is 3. The molecule has 9 heteroatoms. The molecule has 0 bridgehead atoms. The number of methoxy groups -OCH3 is 1. The molecule has 0 radical (unpaired) electrons. The molecule has 0 aromatic heterocycles. The number of hydrogen-bond donors (Lipinski definition) is 1. The monoisotopic (exact) mass is 565 g/mol. The molecule has 0 spiro atoms. The van der Waals surface area contributed by atoms with Crippen molar-refractivity contribution in [3.05, 3.63) is 88.5 Å². The van der Waals surface area contributed by atoms with Gasteiger partial charge in [0.15, 0.2) is 0 Å². The first-order valence-corrected chi connectivity index (χ1v) is 13.9. The van der Waals surface area contributed by atoms with E-state index in [-0.39, 0.29) is 12.0 Å². The van der Waals surface area contributed by atoms with Crippen LogP contribution in [0.1, 0.15) is 45.5 Å². The molecule has 3 aromatic rings. The Hall–Kier alpha value is -3.85. The van der Waals surface area contributed by atoms with Crippen molar-refractivity contribution in [3.63, 3.8) is 0 Å². The predicted molar refractivity (Wildman–Crippen MR) is 152 cm³/mol. The van der Waals surface area contributed by atoms with E-state index in [1.54, 1.807) is 17.0 Å². The van der Waals surface area contributed by atoms with Crippen LogP contribution in [0.4, 0.5) is 23.7 Å². The van der Waals surface area contributed by atoms with Crippen LogP contribution in [0.3, 0.4) is 0 Å². The Bertz CT molecular complexity index is 1410. The molecule has 5 rings (SSSR count). The van der Waals surface area contributed by atoms with E-state index in [2.05, 4.69) is 16.3 Å². The number of benzene rings is 3. The van der Waals surface area contributed by atoms with E-state index in [4.69, 9.17) is 4.74 Å². The van der Waals surface area contributed by atoms with Gasteiger partial charge >= 0.3 is 12.3 Å². The SMILES string of the molecule is COC(=O)N1CCN(C2CCc3ccc(NC(=O)c4cccc(C)c4-c4ccc(C(F)(F)F)cc4)cc3CC2)CC1. The lowest BCUT2D eigenvalue weighted by Crippen LogP contribution is -2.52. The second kappa shape index (κ2) is 11.9. The number of piperazine rings is 1. The Labute approximate surface area is 238 Å². The molecule has 1 aliphatic heterocycles. The van der Waals surface area contributed by atoms with E-state index >= 15 is 0 Å². The van der Waals surface area contributed by atoms with Gasteiger partial charge in [-0.1, -0.05) is 30.3 Å². The number of amides is 2. The van der Waals surface area contributed by atoms with Crippen molar-refractivity contribution < 1.29 is 27.5 Å². The van der Waals surface area contributed by atoms with Crippen LogP contribution < -0.4 is 5.32 Å². The van der Waals surface area contributed by atoms with Crippen LogP contribution in [-0.4, -0.2) is 61.1 Å². The van der Waals surface area contributed by atoms with E-state index < -0.39 is 11.7 Å². The lowest BCUT2D eigenvalue weighted by molar-refractivity contribution is -0.137. The number of anilines is 1. The van der Waals surface area contributed by atoms with Crippen LogP contribution in [0.15, 0.2) is 60.7 Å². The third-order valence-electron chi connectivity index (χ3n) is 8.24. The van der Waals surface area contributed by atoms with E-state index in [1.165, 1.54) is 30.4 Å². The smallest absolute Gasteiger partial charge is 0.416 e. The minimum absolute atomic E-state index is 0.273. The van der Waals surface area contributed by atoms with Gasteiger partial charge in [0.05, 0.1) is 12.7 Å². The molecule has 6 nitrogen and oxygen atoms in total. The van der Waals surface area contributed by atoms with Gasteiger partial charge in [-0.3, -0.25) is 9.69 Å². The number of carbonyl (C=O) groups excluding carboxylic acids is 2. The molecule has 2 aliphatic rings. The van der Waals surface area contributed by atoms with Gasteiger partial charge in [-0.2, -0.15) is 13.2 Å². The summed E-state index contributed by atoms with van der Waals surface area (Å²) in [4.78, 5) is 29.5. The molecule has 1 N–H and O–H groups in total. The van der Waals surface area contributed by atoms with Gasteiger partial charge < -0.3 is 15.0 Å². The summed E-state index contributed by atoms with van der Waals surface area (Å²) in [5.74, 6) is -0.307. The van der Waals surface area contributed by atoms with Crippen LogP contribution in [0.2, 0.25) is 0 Å². The number of halogens is 3. The van der Waals surface area contributed by atoms with Crippen molar-refractivity contribution in [2.75, 3.05) is 38.6 Å². The second-order valence-corrected chi connectivity index (χ2v) is 10.7. The first-order chi connectivity index (χ1) is 19.6. The molecule has 3 aromatic carbocycles. The number of ether oxygens (including phenoxy) is 1. The lowest BCUT2D eigenvalue weighted by Gasteiger charge is -2.38. The Morgan fingerprint density at radius 3 is 2.24 bits per heavy atom. The summed E-state index contributed by atoms with van der Waals surface area (Å²) in [7, 11) is 1.41. The van der Waals surface area contributed by atoms with Gasteiger partial charge in [-0.15, -0.1) is 0 Å². The molecule has 41 heavy (non-hydrogen) atoms. The lowest BCUT2D eigenvalue weighted by atomic mass is 9.93. The number of carbonyl (C=O) groups is 2. The molecular weight excluding hydrogens is 531 g/mol. The van der Waals surface area contributed by atoms with Crippen molar-refractivity contribution in [1.29, 1.82) is 0 Å². The van der Waals surface area contributed by atoms with Crippen molar-refractivity contribution in [3.8, 4) is 11.1 Å². The number of hydrogen-bond acceptors (Lipinski definition) is 4. The van der Waals surface area contributed by atoms with E-state index in [0.29, 0.717) is 41.5 Å². The maximum atomic E-state index is 13.4. The molecule has 1 fully saturated rings. The zero-order valence-electron chi connectivity index (χ0n) is 23.3. The third kappa shape index (κ3) is 6.40. The van der Waals surface area contributed by atoms with Crippen molar-refractivity contribution in [2.24, 2.45) is 0 Å². The number of fused-ring (bicyclic) bond motifs is 1. The maximum absolute atomic E-state index is 13.4. The number of alkyl halides is 3. The summed E-state index contributed by atoms with van der Waals surface area (Å²) in [6.45, 7) is 4.84. The van der Waals surface area contributed by atoms with E-state index in [9.17, 15) is 22.8 Å². The Morgan fingerprint density at radius 2 is 1.59 bits per heavy atom. The standard InChI is InChI=1S/C32H34F3N3O3/c1-21-4-3-5-28(29(21)23-6-11-25(12-7-23)32(33,34)35)30(39)36-26-13-8-22-9-14-27(15-10-24(22)20-26)37-16-18-38(19-17-37)31(40)41-2/h3-8,11-13,20,27H,9-10,14-19H2,1-2H3,(H,36,39). The number of nitrogens with one attached hydrogen (secondary N) is 1. The first kappa shape index (κ1) is 28.7. The fourth-order valence-corrected chi connectivity index (χ4v) is 6.00. The highest BCUT2D eigenvalue weighted by molar-refractivity contribution is 6.09. The van der Waals surface area contributed by atoms with Gasteiger partial charge in [0.1, 0.15) is 0 Å². The van der Waals surface area contributed by atoms with Crippen LogP contribution in [0, 0.1) is 6.92 Å².